The van der Waals surface area contributed by atoms with E-state index in [4.69, 9.17) is 9.47 Å². The zero-order valence-corrected chi connectivity index (χ0v) is 18.2. The van der Waals surface area contributed by atoms with Gasteiger partial charge in [0.2, 0.25) is 6.79 Å². The molecule has 0 unspecified atom stereocenters. The molecule has 5 heteroatoms. The average molecular weight is 408 g/mol. The zero-order valence-electron chi connectivity index (χ0n) is 18.2. The van der Waals surface area contributed by atoms with Crippen molar-refractivity contribution >= 4 is 11.6 Å². The second-order valence-electron chi connectivity index (χ2n) is 10.7. The fourth-order valence-electron chi connectivity index (χ4n) is 5.54. The topological polar surface area (TPSA) is 64.6 Å². The number of carbonyl (C=O) groups excluding carboxylic acids is 2. The Labute approximate surface area is 177 Å². The first-order valence-corrected chi connectivity index (χ1v) is 10.8. The highest BCUT2D eigenvalue weighted by Crippen LogP contribution is 2.48. The highest BCUT2D eigenvalue weighted by Gasteiger charge is 2.45. The van der Waals surface area contributed by atoms with Gasteiger partial charge in [0.05, 0.1) is 0 Å². The van der Waals surface area contributed by atoms with Crippen LogP contribution in [-0.2, 0) is 16.0 Å². The minimum atomic E-state index is -0.191. The van der Waals surface area contributed by atoms with Gasteiger partial charge in [-0.15, -0.1) is 0 Å². The van der Waals surface area contributed by atoms with Crippen molar-refractivity contribution in [3.63, 3.8) is 0 Å². The van der Waals surface area contributed by atoms with E-state index in [-0.39, 0.29) is 35.1 Å². The van der Waals surface area contributed by atoms with Gasteiger partial charge < -0.3 is 14.8 Å². The van der Waals surface area contributed by atoms with Crippen LogP contribution in [0.5, 0.6) is 11.5 Å². The molecule has 5 rings (SSSR count). The Hall–Kier alpha value is -2.56. The first kappa shape index (κ1) is 19.4. The third-order valence-electron chi connectivity index (χ3n) is 6.72. The summed E-state index contributed by atoms with van der Waals surface area (Å²) < 4.78 is 11.0. The Balaban J connectivity index is 1.59. The van der Waals surface area contributed by atoms with Crippen LogP contribution in [-0.4, -0.2) is 18.4 Å². The fourth-order valence-corrected chi connectivity index (χ4v) is 5.54. The maximum absolute atomic E-state index is 13.3. The molecule has 4 aliphatic rings. The van der Waals surface area contributed by atoms with Gasteiger partial charge in [-0.1, -0.05) is 33.8 Å². The Kier molecular flexibility index (Phi) is 4.18. The summed E-state index contributed by atoms with van der Waals surface area (Å²) in [4.78, 5) is 26.5. The van der Waals surface area contributed by atoms with Crippen molar-refractivity contribution in [3.05, 3.63) is 46.3 Å². The Morgan fingerprint density at radius 1 is 0.867 bits per heavy atom. The lowest BCUT2D eigenvalue weighted by Crippen LogP contribution is -2.43. The van der Waals surface area contributed by atoms with Crippen LogP contribution in [0.2, 0.25) is 0 Å². The van der Waals surface area contributed by atoms with Crippen LogP contribution in [0.4, 0.5) is 0 Å². The first-order chi connectivity index (χ1) is 14.1. The van der Waals surface area contributed by atoms with Gasteiger partial charge in [0.1, 0.15) is 0 Å². The maximum atomic E-state index is 13.3. The van der Waals surface area contributed by atoms with E-state index < -0.39 is 0 Å². The van der Waals surface area contributed by atoms with E-state index in [1.165, 1.54) is 0 Å². The number of ether oxygens (including phenoxy) is 2. The van der Waals surface area contributed by atoms with E-state index in [0.29, 0.717) is 19.3 Å². The monoisotopic (exact) mass is 407 g/mol. The first-order valence-electron chi connectivity index (χ1n) is 10.8. The second-order valence-corrected chi connectivity index (χ2v) is 10.7. The third kappa shape index (κ3) is 3.24. The number of Topliss-reactive ketones (excluding diaryl/α,β-unsaturated/α-hetero) is 2. The molecule has 0 bridgehead atoms. The van der Waals surface area contributed by atoms with E-state index in [9.17, 15) is 9.59 Å². The van der Waals surface area contributed by atoms with Gasteiger partial charge in [-0.05, 0) is 47.8 Å². The molecule has 0 saturated heterocycles. The summed E-state index contributed by atoms with van der Waals surface area (Å²) >= 11 is 0. The molecule has 30 heavy (non-hydrogen) atoms. The number of hydrogen-bond acceptors (Lipinski definition) is 5. The van der Waals surface area contributed by atoms with Gasteiger partial charge in [-0.25, -0.2) is 0 Å². The molecule has 0 spiro atoms. The summed E-state index contributed by atoms with van der Waals surface area (Å²) in [6.07, 6.45) is 3.32. The van der Waals surface area contributed by atoms with Gasteiger partial charge in [0, 0.05) is 41.3 Å². The van der Waals surface area contributed by atoms with Crippen molar-refractivity contribution in [1.29, 1.82) is 0 Å². The van der Waals surface area contributed by atoms with E-state index in [1.54, 1.807) is 0 Å². The summed E-state index contributed by atoms with van der Waals surface area (Å²) in [6, 6.07) is 5.92. The van der Waals surface area contributed by atoms with E-state index >= 15 is 0 Å². The number of carbonyl (C=O) groups is 2. The van der Waals surface area contributed by atoms with Crippen LogP contribution < -0.4 is 14.8 Å². The van der Waals surface area contributed by atoms with Crippen molar-refractivity contribution in [3.8, 4) is 11.5 Å². The van der Waals surface area contributed by atoms with Gasteiger partial charge in [-0.2, -0.15) is 0 Å². The second kappa shape index (κ2) is 6.47. The minimum Gasteiger partial charge on any atom is -0.454 e. The predicted molar refractivity (Wildman–Crippen MR) is 113 cm³/mol. The van der Waals surface area contributed by atoms with Crippen molar-refractivity contribution in [2.24, 2.45) is 16.7 Å². The molecule has 1 N–H and O–H groups in total. The maximum Gasteiger partial charge on any atom is 0.231 e. The highest BCUT2D eigenvalue weighted by molar-refractivity contribution is 6.05. The van der Waals surface area contributed by atoms with E-state index in [1.807, 2.05) is 18.2 Å². The summed E-state index contributed by atoms with van der Waals surface area (Å²) in [6.45, 7) is 8.80. The van der Waals surface area contributed by atoms with Crippen LogP contribution in [0.3, 0.4) is 0 Å². The molecule has 158 valence electrons. The number of fused-ring (bicyclic) bond motifs is 1. The molecule has 0 aromatic heterocycles. The molecular formula is C25H29NO4. The highest BCUT2D eigenvalue weighted by atomic mass is 16.7. The molecule has 1 aromatic carbocycles. The summed E-state index contributed by atoms with van der Waals surface area (Å²) in [7, 11) is 0. The lowest BCUT2D eigenvalue weighted by molar-refractivity contribution is -0.119. The average Bonchev–Trinajstić information content (AvgIpc) is 3.06. The Morgan fingerprint density at radius 3 is 2.03 bits per heavy atom. The van der Waals surface area contributed by atoms with Gasteiger partial charge in [0.25, 0.3) is 0 Å². The number of allylic oxidation sites excluding steroid dienone is 4. The van der Waals surface area contributed by atoms with Gasteiger partial charge >= 0.3 is 0 Å². The van der Waals surface area contributed by atoms with Crippen LogP contribution in [0.15, 0.2) is 40.7 Å². The molecule has 5 nitrogen and oxygen atoms in total. The lowest BCUT2D eigenvalue weighted by atomic mass is 9.64. The molecule has 0 fully saturated rings. The van der Waals surface area contributed by atoms with Crippen molar-refractivity contribution in [2.45, 2.75) is 59.8 Å². The van der Waals surface area contributed by atoms with Gasteiger partial charge in [-0.3, -0.25) is 9.59 Å². The van der Waals surface area contributed by atoms with Crippen LogP contribution >= 0.6 is 0 Å². The molecule has 0 radical (unpaired) electrons. The number of rotatable bonds is 2. The molecule has 0 saturated carbocycles. The smallest absolute Gasteiger partial charge is 0.231 e. The summed E-state index contributed by atoms with van der Waals surface area (Å²) in [5, 5.41) is 3.56. The standard InChI is InChI=1S/C25H29NO4/c1-24(2)9-16-22(18(27)11-24)15(7-14-5-6-20-21(8-14)30-13-29-20)23-17(26-16)10-25(3,4)12-19(23)28/h5-6,8,15,26H,7,9-13H2,1-4H3. The van der Waals surface area contributed by atoms with E-state index in [0.717, 1.165) is 52.4 Å². The Morgan fingerprint density at radius 2 is 1.43 bits per heavy atom. The van der Waals surface area contributed by atoms with Crippen molar-refractivity contribution in [1.82, 2.24) is 5.32 Å². The van der Waals surface area contributed by atoms with E-state index in [2.05, 4.69) is 33.0 Å². The van der Waals surface area contributed by atoms with Crippen molar-refractivity contribution in [2.75, 3.05) is 6.79 Å². The molecule has 1 aromatic rings. The molecule has 2 heterocycles. The number of hydrogen-bond donors (Lipinski definition) is 1. The summed E-state index contributed by atoms with van der Waals surface area (Å²) in [5.74, 6) is 1.63. The number of dihydropyridines is 1. The molecule has 0 atom stereocenters. The lowest BCUT2D eigenvalue weighted by Gasteiger charge is -2.43. The summed E-state index contributed by atoms with van der Waals surface area (Å²) in [5.41, 5.74) is 4.59. The fraction of sp³-hybridized carbons (Fsp3) is 0.520. The molecular weight excluding hydrogens is 378 g/mol. The van der Waals surface area contributed by atoms with Crippen LogP contribution in [0, 0.1) is 16.7 Å². The normalized spacial score (nSPS) is 24.5. The quantitative estimate of drug-likeness (QED) is 0.784. The number of benzene rings is 1. The SMILES string of the molecule is CC1(C)CC(=O)C2=C(C1)NC1=C(C(=O)CC(C)(C)C1)C2Cc1ccc2c(c1)OCO2. The third-order valence-corrected chi connectivity index (χ3v) is 6.72. The number of nitrogens with one attached hydrogen (secondary N) is 1. The van der Waals surface area contributed by atoms with Gasteiger partial charge in [0.15, 0.2) is 23.1 Å². The van der Waals surface area contributed by atoms with Crippen LogP contribution in [0.1, 0.15) is 58.9 Å². The van der Waals surface area contributed by atoms with Crippen LogP contribution in [0.25, 0.3) is 0 Å². The largest absolute Gasteiger partial charge is 0.454 e. The molecule has 2 aliphatic carbocycles. The Bertz CT molecular complexity index is 976. The number of ketones is 2. The zero-order chi connectivity index (χ0) is 21.3. The van der Waals surface area contributed by atoms with Crippen molar-refractivity contribution < 1.29 is 19.1 Å². The predicted octanol–water partition coefficient (Wildman–Crippen LogP) is 4.46. The minimum absolute atomic E-state index is 0.0710. The molecule has 0 amide bonds. The molecule has 2 aliphatic heterocycles.